The van der Waals surface area contributed by atoms with Crippen LogP contribution in [0.25, 0.3) is 0 Å². The lowest BCUT2D eigenvalue weighted by atomic mass is 10.1. The molecule has 3 amide bonds. The van der Waals surface area contributed by atoms with Crippen LogP contribution in [0.3, 0.4) is 0 Å². The molecule has 0 fully saturated rings. The monoisotopic (exact) mass is 402 g/mol. The summed E-state index contributed by atoms with van der Waals surface area (Å²) in [5.41, 5.74) is 2.51. The number of amides is 3. The standard InChI is InChI=1S/C24H19FN2O3/c1-16-9-11-17(12-10-16)22(28)26(19-6-4-5-18(25)15-19)13-14-27-23(29)20-7-2-3-8-21(20)24(27)30/h2-12,15H,13-14H2,1H3. The topological polar surface area (TPSA) is 57.7 Å². The zero-order chi connectivity index (χ0) is 21.3. The van der Waals surface area contributed by atoms with Gasteiger partial charge in [0.15, 0.2) is 0 Å². The van der Waals surface area contributed by atoms with E-state index in [1.807, 2.05) is 19.1 Å². The molecule has 0 spiro atoms. The van der Waals surface area contributed by atoms with E-state index in [4.69, 9.17) is 0 Å². The molecule has 30 heavy (non-hydrogen) atoms. The fraction of sp³-hybridized carbons (Fsp3) is 0.125. The van der Waals surface area contributed by atoms with Crippen LogP contribution in [0.1, 0.15) is 36.6 Å². The number of rotatable bonds is 5. The van der Waals surface area contributed by atoms with Crippen molar-refractivity contribution in [3.63, 3.8) is 0 Å². The van der Waals surface area contributed by atoms with Crippen molar-refractivity contribution in [1.82, 2.24) is 4.90 Å². The summed E-state index contributed by atoms with van der Waals surface area (Å²) >= 11 is 0. The molecule has 0 saturated heterocycles. The molecule has 3 aromatic rings. The molecule has 1 heterocycles. The van der Waals surface area contributed by atoms with Gasteiger partial charge in [0.05, 0.1) is 11.1 Å². The molecule has 1 aliphatic heterocycles. The predicted molar refractivity (Wildman–Crippen MR) is 111 cm³/mol. The molecule has 0 aromatic heterocycles. The van der Waals surface area contributed by atoms with Crippen LogP contribution in [-0.4, -0.2) is 35.7 Å². The number of hydrogen-bond donors (Lipinski definition) is 0. The average molecular weight is 402 g/mol. The third-order valence-electron chi connectivity index (χ3n) is 5.09. The molecule has 3 aromatic carbocycles. The van der Waals surface area contributed by atoms with Gasteiger partial charge in [-0.15, -0.1) is 0 Å². The molecule has 0 aliphatic carbocycles. The molecule has 0 N–H and O–H groups in total. The second kappa shape index (κ2) is 7.91. The first-order valence-electron chi connectivity index (χ1n) is 9.55. The Balaban J connectivity index is 1.61. The van der Waals surface area contributed by atoms with Gasteiger partial charge in [-0.05, 0) is 49.4 Å². The Labute approximate surface area is 173 Å². The second-order valence-corrected chi connectivity index (χ2v) is 7.11. The molecule has 0 unspecified atom stereocenters. The van der Waals surface area contributed by atoms with Gasteiger partial charge in [0.2, 0.25) is 0 Å². The summed E-state index contributed by atoms with van der Waals surface area (Å²) < 4.78 is 13.8. The van der Waals surface area contributed by atoms with Crippen molar-refractivity contribution in [2.24, 2.45) is 0 Å². The number of carbonyl (C=O) groups is 3. The fourth-order valence-electron chi connectivity index (χ4n) is 3.49. The van der Waals surface area contributed by atoms with Crippen molar-refractivity contribution in [3.05, 3.63) is 101 Å². The van der Waals surface area contributed by atoms with E-state index in [0.717, 1.165) is 10.5 Å². The number of anilines is 1. The molecular formula is C24H19FN2O3. The van der Waals surface area contributed by atoms with Crippen LogP contribution >= 0.6 is 0 Å². The molecule has 0 bridgehead atoms. The maximum Gasteiger partial charge on any atom is 0.261 e. The molecule has 1 aliphatic rings. The number of fused-ring (bicyclic) bond motifs is 1. The van der Waals surface area contributed by atoms with E-state index in [2.05, 4.69) is 0 Å². The summed E-state index contributed by atoms with van der Waals surface area (Å²) in [6.45, 7) is 1.96. The van der Waals surface area contributed by atoms with E-state index < -0.39 is 17.6 Å². The minimum absolute atomic E-state index is 0.000458. The zero-order valence-electron chi connectivity index (χ0n) is 16.3. The van der Waals surface area contributed by atoms with Crippen molar-refractivity contribution >= 4 is 23.4 Å². The van der Waals surface area contributed by atoms with Crippen LogP contribution in [0.4, 0.5) is 10.1 Å². The molecular weight excluding hydrogens is 383 g/mol. The molecule has 4 rings (SSSR count). The third-order valence-corrected chi connectivity index (χ3v) is 5.09. The van der Waals surface area contributed by atoms with E-state index >= 15 is 0 Å². The largest absolute Gasteiger partial charge is 0.306 e. The highest BCUT2D eigenvalue weighted by Crippen LogP contribution is 2.24. The fourth-order valence-corrected chi connectivity index (χ4v) is 3.49. The molecule has 150 valence electrons. The summed E-state index contributed by atoms with van der Waals surface area (Å²) in [6.07, 6.45) is 0. The van der Waals surface area contributed by atoms with Gasteiger partial charge in [-0.25, -0.2) is 4.39 Å². The SMILES string of the molecule is Cc1ccc(C(=O)N(CCN2C(=O)c3ccccc3C2=O)c2cccc(F)c2)cc1. The van der Waals surface area contributed by atoms with E-state index in [-0.39, 0.29) is 19.0 Å². The lowest BCUT2D eigenvalue weighted by Crippen LogP contribution is -2.41. The summed E-state index contributed by atoms with van der Waals surface area (Å²) in [4.78, 5) is 40.9. The summed E-state index contributed by atoms with van der Waals surface area (Å²) in [5.74, 6) is -1.60. The van der Waals surface area contributed by atoms with Crippen LogP contribution in [0.15, 0.2) is 72.8 Å². The number of halogens is 1. The normalized spacial score (nSPS) is 12.8. The Kier molecular flexibility index (Phi) is 5.14. The van der Waals surface area contributed by atoms with Gasteiger partial charge in [0, 0.05) is 24.3 Å². The van der Waals surface area contributed by atoms with Gasteiger partial charge < -0.3 is 4.90 Å². The van der Waals surface area contributed by atoms with E-state index in [9.17, 15) is 18.8 Å². The highest BCUT2D eigenvalue weighted by Gasteiger charge is 2.35. The van der Waals surface area contributed by atoms with Crippen molar-refractivity contribution < 1.29 is 18.8 Å². The van der Waals surface area contributed by atoms with Crippen molar-refractivity contribution in [2.45, 2.75) is 6.92 Å². The number of benzene rings is 3. The van der Waals surface area contributed by atoms with Gasteiger partial charge >= 0.3 is 0 Å². The minimum Gasteiger partial charge on any atom is -0.306 e. The third kappa shape index (κ3) is 3.59. The highest BCUT2D eigenvalue weighted by atomic mass is 19.1. The van der Waals surface area contributed by atoms with Crippen molar-refractivity contribution in [3.8, 4) is 0 Å². The Morgan fingerprint density at radius 3 is 2.13 bits per heavy atom. The lowest BCUT2D eigenvalue weighted by Gasteiger charge is -2.25. The Morgan fingerprint density at radius 2 is 1.53 bits per heavy atom. The maximum absolute atomic E-state index is 13.8. The number of carbonyl (C=O) groups excluding carboxylic acids is 3. The first-order valence-corrected chi connectivity index (χ1v) is 9.55. The van der Waals surface area contributed by atoms with Crippen molar-refractivity contribution in [2.75, 3.05) is 18.0 Å². The van der Waals surface area contributed by atoms with Gasteiger partial charge in [0.1, 0.15) is 5.82 Å². The summed E-state index contributed by atoms with van der Waals surface area (Å²) in [5, 5.41) is 0. The predicted octanol–water partition coefficient (Wildman–Crippen LogP) is 4.08. The number of aryl methyl sites for hydroxylation is 1. The summed E-state index contributed by atoms with van der Waals surface area (Å²) in [7, 11) is 0. The molecule has 0 saturated carbocycles. The average Bonchev–Trinajstić information content (AvgIpc) is 2.99. The molecule has 5 nitrogen and oxygen atoms in total. The van der Waals surface area contributed by atoms with Crippen LogP contribution in [0.2, 0.25) is 0 Å². The van der Waals surface area contributed by atoms with Crippen LogP contribution in [0.5, 0.6) is 0 Å². The Bertz CT molecular complexity index is 1110. The van der Waals surface area contributed by atoms with Crippen molar-refractivity contribution in [1.29, 1.82) is 0 Å². The lowest BCUT2D eigenvalue weighted by molar-refractivity contribution is 0.0654. The summed E-state index contributed by atoms with van der Waals surface area (Å²) in [6, 6.07) is 19.4. The van der Waals surface area contributed by atoms with Crippen LogP contribution in [-0.2, 0) is 0 Å². The first-order chi connectivity index (χ1) is 14.5. The van der Waals surface area contributed by atoms with Gasteiger partial charge in [0.25, 0.3) is 17.7 Å². The maximum atomic E-state index is 13.8. The number of nitrogens with zero attached hydrogens (tertiary/aromatic N) is 2. The van der Waals surface area contributed by atoms with Gasteiger partial charge in [-0.3, -0.25) is 19.3 Å². The van der Waals surface area contributed by atoms with Gasteiger partial charge in [-0.2, -0.15) is 0 Å². The minimum atomic E-state index is -0.477. The first kappa shape index (κ1) is 19.5. The van der Waals surface area contributed by atoms with E-state index in [0.29, 0.717) is 22.4 Å². The van der Waals surface area contributed by atoms with E-state index in [1.165, 1.54) is 23.1 Å². The van der Waals surface area contributed by atoms with Gasteiger partial charge in [-0.1, -0.05) is 35.9 Å². The number of hydrogen-bond acceptors (Lipinski definition) is 3. The molecule has 0 radical (unpaired) electrons. The van der Waals surface area contributed by atoms with Crippen LogP contribution < -0.4 is 4.90 Å². The molecule has 0 atom stereocenters. The van der Waals surface area contributed by atoms with E-state index in [1.54, 1.807) is 42.5 Å². The molecule has 6 heteroatoms. The smallest absolute Gasteiger partial charge is 0.261 e. The Hall–Kier alpha value is -3.80. The highest BCUT2D eigenvalue weighted by molar-refractivity contribution is 6.21. The quantitative estimate of drug-likeness (QED) is 0.605. The second-order valence-electron chi connectivity index (χ2n) is 7.11. The van der Waals surface area contributed by atoms with Crippen LogP contribution in [0, 0.1) is 12.7 Å². The Morgan fingerprint density at radius 1 is 0.900 bits per heavy atom. The number of imide groups is 1. The zero-order valence-corrected chi connectivity index (χ0v) is 16.3.